The van der Waals surface area contributed by atoms with E-state index >= 15 is 0 Å². The van der Waals surface area contributed by atoms with Gasteiger partial charge in [0.15, 0.2) is 11.2 Å². The molecule has 47 heavy (non-hydrogen) atoms. The second kappa shape index (κ2) is 15.6. The first-order chi connectivity index (χ1) is 22.7. The topological polar surface area (TPSA) is 165 Å². The zero-order valence-electron chi connectivity index (χ0n) is 26.1. The molecule has 2 aromatic carbocycles. The number of likely N-dealkylation sites (tertiary alicyclic amines) is 1. The smallest absolute Gasteiger partial charge is 0.286 e. The number of aliphatic hydroxyl groups excluding tert-OH is 1. The Morgan fingerprint density at radius 1 is 1.13 bits per heavy atom. The van der Waals surface area contributed by atoms with E-state index in [9.17, 15) is 27.9 Å². The van der Waals surface area contributed by atoms with Crippen LogP contribution in [0.2, 0.25) is 0 Å². The Labute approximate surface area is 272 Å². The molecule has 0 saturated carbocycles. The van der Waals surface area contributed by atoms with Gasteiger partial charge in [-0.15, -0.1) is 0 Å². The summed E-state index contributed by atoms with van der Waals surface area (Å²) >= 11 is 0. The van der Waals surface area contributed by atoms with Crippen LogP contribution < -0.4 is 15.5 Å². The van der Waals surface area contributed by atoms with E-state index in [1.165, 1.54) is 37.6 Å². The summed E-state index contributed by atoms with van der Waals surface area (Å²) in [5.41, 5.74) is 0.507. The number of aliphatic hydroxyl groups is 1. The molecule has 3 heterocycles. The van der Waals surface area contributed by atoms with Gasteiger partial charge in [-0.25, -0.2) is 8.42 Å². The summed E-state index contributed by atoms with van der Waals surface area (Å²) in [6, 6.07) is 12.8. The number of hydrogen-bond donors (Lipinski definition) is 2. The van der Waals surface area contributed by atoms with Crippen molar-refractivity contribution < 1.29 is 41.7 Å². The van der Waals surface area contributed by atoms with Crippen molar-refractivity contribution in [2.45, 2.75) is 42.8 Å². The van der Waals surface area contributed by atoms with Crippen LogP contribution in [0, 0.1) is 0 Å². The van der Waals surface area contributed by atoms with Gasteiger partial charge in [-0.2, -0.15) is 4.31 Å². The van der Waals surface area contributed by atoms with Crippen molar-refractivity contribution in [3.63, 3.8) is 0 Å². The minimum atomic E-state index is -3.97. The highest BCUT2D eigenvalue weighted by molar-refractivity contribution is 7.89. The molecule has 2 atom stereocenters. The summed E-state index contributed by atoms with van der Waals surface area (Å²) in [5.74, 6) is -0.547. The van der Waals surface area contributed by atoms with Crippen LogP contribution in [0.3, 0.4) is 0 Å². The third-order valence-electron chi connectivity index (χ3n) is 8.14. The molecule has 5 rings (SSSR count). The number of allylic oxidation sites excluding steroid dienone is 1. The quantitative estimate of drug-likeness (QED) is 0.230. The van der Waals surface area contributed by atoms with Crippen molar-refractivity contribution >= 4 is 32.8 Å². The van der Waals surface area contributed by atoms with Crippen molar-refractivity contribution in [1.82, 2.24) is 14.5 Å². The maximum absolute atomic E-state index is 13.4. The van der Waals surface area contributed by atoms with Gasteiger partial charge in [0.25, 0.3) is 5.91 Å². The van der Waals surface area contributed by atoms with Gasteiger partial charge in [0.05, 0.1) is 36.9 Å². The van der Waals surface area contributed by atoms with E-state index in [1.54, 1.807) is 35.2 Å². The number of nitrogens with one attached hydrogen (secondary N) is 1. The fourth-order valence-electron chi connectivity index (χ4n) is 5.63. The number of sulfonamides is 1. The van der Waals surface area contributed by atoms with Crippen LogP contribution in [0.5, 0.6) is 5.75 Å². The molecule has 1 saturated heterocycles. The van der Waals surface area contributed by atoms with Gasteiger partial charge in [0.2, 0.25) is 22.2 Å². The first-order valence-electron chi connectivity index (χ1n) is 15.5. The fraction of sp³-hybridized carbons (Fsp3) is 0.424. The number of carbonyl (C=O) groups excluding carboxylic acids is 2. The minimum absolute atomic E-state index is 0.0275. The third-order valence-corrected chi connectivity index (χ3v) is 10.1. The number of nitrogens with zero attached hydrogens (tertiary/aromatic N) is 2. The number of fused-ring (bicyclic) bond motifs is 1. The standard InChI is InChI=1S/C33H39N3O10S/c1-43-24-9-11-25(12-10-24)47(41,42)36(16-18-37)17-19-44-31-21-23(27-22-45-28-7-3-2-6-26(28)32(27)39)20-29(46-31)33(40)34-13-5-15-35-14-4-8-30(35)38/h2-3,6-7,9-12,20,22-23,31,37H,4-5,8,13-19,21H2,1H3,(H,34,40). The maximum atomic E-state index is 13.4. The number of carbonyl (C=O) groups is 2. The van der Waals surface area contributed by atoms with E-state index in [0.29, 0.717) is 54.8 Å². The normalized spacial score (nSPS) is 18.3. The van der Waals surface area contributed by atoms with Crippen LogP contribution in [0.1, 0.15) is 37.2 Å². The lowest BCUT2D eigenvalue weighted by molar-refractivity contribution is -0.146. The first kappa shape index (κ1) is 34.1. The highest BCUT2D eigenvalue weighted by Gasteiger charge is 2.32. The van der Waals surface area contributed by atoms with Crippen molar-refractivity contribution in [3.8, 4) is 5.75 Å². The highest BCUT2D eigenvalue weighted by Crippen LogP contribution is 2.31. The number of methoxy groups -OCH3 is 1. The average molecular weight is 670 g/mol. The van der Waals surface area contributed by atoms with Crippen molar-refractivity contribution in [1.29, 1.82) is 0 Å². The van der Waals surface area contributed by atoms with Gasteiger partial charge in [0.1, 0.15) is 11.3 Å². The number of amides is 2. The Kier molecular flexibility index (Phi) is 11.3. The third kappa shape index (κ3) is 8.19. The fourth-order valence-corrected chi connectivity index (χ4v) is 7.04. The van der Waals surface area contributed by atoms with E-state index < -0.39 is 34.7 Å². The monoisotopic (exact) mass is 669 g/mol. The molecule has 2 amide bonds. The van der Waals surface area contributed by atoms with Crippen LogP contribution in [-0.2, 0) is 29.1 Å². The van der Waals surface area contributed by atoms with Gasteiger partial charge in [-0.3, -0.25) is 14.4 Å². The molecule has 2 unspecified atom stereocenters. The van der Waals surface area contributed by atoms with E-state index in [4.69, 9.17) is 18.6 Å². The van der Waals surface area contributed by atoms with E-state index in [-0.39, 0.29) is 48.1 Å². The molecule has 13 nitrogen and oxygen atoms in total. The summed E-state index contributed by atoms with van der Waals surface area (Å²) in [5, 5.41) is 12.8. The first-order valence-corrected chi connectivity index (χ1v) is 17.0. The zero-order valence-corrected chi connectivity index (χ0v) is 26.9. The van der Waals surface area contributed by atoms with Gasteiger partial charge >= 0.3 is 0 Å². The summed E-state index contributed by atoms with van der Waals surface area (Å²) in [4.78, 5) is 40.3. The van der Waals surface area contributed by atoms with Gasteiger partial charge < -0.3 is 34.0 Å². The molecule has 3 aromatic rings. The van der Waals surface area contributed by atoms with Crippen LogP contribution in [0.25, 0.3) is 11.0 Å². The summed E-state index contributed by atoms with van der Waals surface area (Å²) in [6.45, 7) is 0.740. The van der Waals surface area contributed by atoms with E-state index in [2.05, 4.69) is 5.32 Å². The molecule has 0 spiro atoms. The van der Waals surface area contributed by atoms with Crippen molar-refractivity contribution in [2.24, 2.45) is 0 Å². The van der Waals surface area contributed by atoms with Crippen molar-refractivity contribution in [2.75, 3.05) is 53.0 Å². The van der Waals surface area contributed by atoms with Crippen LogP contribution >= 0.6 is 0 Å². The lowest BCUT2D eigenvalue weighted by Crippen LogP contribution is -2.38. The maximum Gasteiger partial charge on any atom is 0.286 e. The van der Waals surface area contributed by atoms with Gasteiger partial charge in [-0.1, -0.05) is 12.1 Å². The number of para-hydroxylation sites is 1. The number of rotatable bonds is 15. The molecule has 1 fully saturated rings. The summed E-state index contributed by atoms with van der Waals surface area (Å²) in [7, 11) is -2.50. The SMILES string of the molecule is COc1ccc(S(=O)(=O)N(CCO)CCOC2CC(c3coc4ccccc4c3=O)C=C(C(=O)NCCCN3CCCC3=O)O2)cc1. The van der Waals surface area contributed by atoms with Gasteiger partial charge in [-0.05, 0) is 55.3 Å². The van der Waals surface area contributed by atoms with Crippen molar-refractivity contribution in [3.05, 3.63) is 82.4 Å². The number of benzene rings is 2. The summed E-state index contributed by atoms with van der Waals surface area (Å²) < 4.78 is 50.4. The molecule has 14 heteroatoms. The molecule has 1 aromatic heterocycles. The largest absolute Gasteiger partial charge is 0.497 e. The van der Waals surface area contributed by atoms with Crippen LogP contribution in [0.15, 0.2) is 80.7 Å². The Morgan fingerprint density at radius 3 is 2.64 bits per heavy atom. The Bertz CT molecular complexity index is 1760. The molecule has 2 N–H and O–H groups in total. The molecule has 0 aliphatic carbocycles. The zero-order chi connectivity index (χ0) is 33.4. The molecule has 2 aliphatic rings. The minimum Gasteiger partial charge on any atom is -0.497 e. The Balaban J connectivity index is 1.29. The molecule has 252 valence electrons. The highest BCUT2D eigenvalue weighted by atomic mass is 32.2. The van der Waals surface area contributed by atoms with E-state index in [0.717, 1.165) is 10.7 Å². The molecule has 0 bridgehead atoms. The number of hydrogen-bond acceptors (Lipinski definition) is 10. The molecule has 0 radical (unpaired) electrons. The Hall–Kier alpha value is -4.24. The van der Waals surface area contributed by atoms with E-state index in [1.807, 2.05) is 0 Å². The van der Waals surface area contributed by atoms with Crippen LogP contribution in [0.4, 0.5) is 0 Å². The number of ether oxygens (including phenoxy) is 3. The molecular formula is C33H39N3O10S. The molecular weight excluding hydrogens is 630 g/mol. The Morgan fingerprint density at radius 2 is 1.91 bits per heavy atom. The predicted octanol–water partition coefficient (Wildman–Crippen LogP) is 2.34. The lowest BCUT2D eigenvalue weighted by atomic mass is 9.93. The predicted molar refractivity (Wildman–Crippen MR) is 171 cm³/mol. The van der Waals surface area contributed by atoms with Gasteiger partial charge in [0, 0.05) is 57.0 Å². The average Bonchev–Trinajstić information content (AvgIpc) is 3.50. The lowest BCUT2D eigenvalue weighted by Gasteiger charge is -2.30. The molecule has 2 aliphatic heterocycles. The summed E-state index contributed by atoms with van der Waals surface area (Å²) in [6.07, 6.45) is 4.03. The second-order valence-electron chi connectivity index (χ2n) is 11.2. The van der Waals surface area contributed by atoms with Crippen LogP contribution in [-0.4, -0.2) is 93.9 Å². The second-order valence-corrected chi connectivity index (χ2v) is 13.1.